The van der Waals surface area contributed by atoms with E-state index in [-0.39, 0.29) is 17.5 Å². The van der Waals surface area contributed by atoms with Crippen LogP contribution in [0.25, 0.3) is 4.96 Å². The molecule has 1 amide bonds. The van der Waals surface area contributed by atoms with Crippen molar-refractivity contribution in [1.29, 1.82) is 0 Å². The van der Waals surface area contributed by atoms with E-state index < -0.39 is 4.92 Å². The first-order valence-corrected chi connectivity index (χ1v) is 9.14. The smallest absolute Gasteiger partial charge is 0.359 e. The van der Waals surface area contributed by atoms with Crippen molar-refractivity contribution >= 4 is 39.5 Å². The fourth-order valence-electron chi connectivity index (χ4n) is 2.67. The number of carbonyl (C=O) groups excluding carboxylic acids is 1. The summed E-state index contributed by atoms with van der Waals surface area (Å²) in [5, 5.41) is 18.9. The highest BCUT2D eigenvalue weighted by molar-refractivity contribution is 7.15. The van der Waals surface area contributed by atoms with E-state index in [2.05, 4.69) is 20.6 Å². The maximum atomic E-state index is 12.3. The Bertz CT molecular complexity index is 1140. The van der Waals surface area contributed by atoms with Crippen LogP contribution in [0.3, 0.4) is 0 Å². The molecule has 0 saturated carbocycles. The van der Waals surface area contributed by atoms with Gasteiger partial charge in [0.1, 0.15) is 6.20 Å². The lowest BCUT2D eigenvalue weighted by Gasteiger charge is -2.07. The molecule has 0 spiro atoms. The Kier molecular flexibility index (Phi) is 4.68. The van der Waals surface area contributed by atoms with E-state index in [0.29, 0.717) is 22.8 Å². The van der Waals surface area contributed by atoms with Crippen LogP contribution in [0.1, 0.15) is 15.9 Å². The van der Waals surface area contributed by atoms with Gasteiger partial charge in [-0.25, -0.2) is 0 Å². The lowest BCUT2D eigenvalue weighted by atomic mass is 10.1. The summed E-state index contributed by atoms with van der Waals surface area (Å²) in [4.78, 5) is 31.9. The van der Waals surface area contributed by atoms with E-state index >= 15 is 0 Å². The lowest BCUT2D eigenvalue weighted by molar-refractivity contribution is -0.389. The van der Waals surface area contributed by atoms with Gasteiger partial charge < -0.3 is 20.7 Å². The third-order valence-corrected chi connectivity index (χ3v) is 4.78. The molecule has 0 unspecified atom stereocenters. The highest BCUT2D eigenvalue weighted by Crippen LogP contribution is 2.28. The van der Waals surface area contributed by atoms with Crippen molar-refractivity contribution in [3.05, 3.63) is 81.6 Å². The Morgan fingerprint density at radius 3 is 2.64 bits per heavy atom. The molecule has 0 aliphatic heterocycles. The molecule has 28 heavy (non-hydrogen) atoms. The van der Waals surface area contributed by atoms with Crippen LogP contribution >= 0.6 is 11.3 Å². The van der Waals surface area contributed by atoms with Gasteiger partial charge in [0.15, 0.2) is 0 Å². The number of pyridine rings is 1. The third-order valence-electron chi connectivity index (χ3n) is 4.02. The molecule has 4 rings (SSSR count). The van der Waals surface area contributed by atoms with Crippen molar-refractivity contribution in [2.24, 2.45) is 0 Å². The Balaban J connectivity index is 1.44. The first-order chi connectivity index (χ1) is 13.6. The number of thiazole rings is 1. The van der Waals surface area contributed by atoms with Crippen molar-refractivity contribution in [2.45, 2.75) is 6.54 Å². The molecule has 140 valence electrons. The van der Waals surface area contributed by atoms with E-state index in [1.54, 1.807) is 60.4 Å². The van der Waals surface area contributed by atoms with E-state index in [9.17, 15) is 14.9 Å². The Morgan fingerprint density at radius 2 is 1.93 bits per heavy atom. The van der Waals surface area contributed by atoms with E-state index in [0.717, 1.165) is 5.56 Å². The largest absolute Gasteiger partial charge is 0.372 e. The molecule has 3 heterocycles. The molecule has 9 nitrogen and oxygen atoms in total. The minimum Gasteiger partial charge on any atom is -0.359 e. The monoisotopic (exact) mass is 394 g/mol. The first kappa shape index (κ1) is 17.6. The highest BCUT2D eigenvalue weighted by atomic mass is 32.1. The Morgan fingerprint density at radius 1 is 1.18 bits per heavy atom. The third kappa shape index (κ3) is 3.53. The molecule has 0 aliphatic carbocycles. The maximum absolute atomic E-state index is 12.3. The second-order valence-electron chi connectivity index (χ2n) is 5.84. The maximum Gasteiger partial charge on any atom is 0.372 e. The highest BCUT2D eigenvalue weighted by Gasteiger charge is 2.23. The number of amides is 1. The van der Waals surface area contributed by atoms with Gasteiger partial charge in [0.25, 0.3) is 10.9 Å². The molecule has 0 radical (unpaired) electrons. The van der Waals surface area contributed by atoms with Crippen LogP contribution in [-0.2, 0) is 6.54 Å². The van der Waals surface area contributed by atoms with E-state index in [1.165, 1.54) is 15.7 Å². The van der Waals surface area contributed by atoms with Crippen molar-refractivity contribution < 1.29 is 9.72 Å². The molecule has 0 aliphatic rings. The number of hydrogen-bond donors (Lipinski definition) is 2. The van der Waals surface area contributed by atoms with Gasteiger partial charge in [-0.3, -0.25) is 9.78 Å². The van der Waals surface area contributed by atoms with Crippen LogP contribution in [0.4, 0.5) is 17.3 Å². The van der Waals surface area contributed by atoms with Crippen molar-refractivity contribution in [1.82, 2.24) is 14.4 Å². The van der Waals surface area contributed by atoms with E-state index in [1.807, 2.05) is 0 Å². The fourth-order valence-corrected chi connectivity index (χ4v) is 3.37. The molecule has 3 aromatic heterocycles. The number of imidazole rings is 1. The molecule has 0 saturated heterocycles. The molecule has 4 aromatic rings. The van der Waals surface area contributed by atoms with Gasteiger partial charge in [0.05, 0.1) is 0 Å². The average Bonchev–Trinajstić information content (AvgIpc) is 3.28. The predicted molar refractivity (Wildman–Crippen MR) is 106 cm³/mol. The number of benzene rings is 1. The van der Waals surface area contributed by atoms with Crippen LogP contribution < -0.4 is 10.6 Å². The predicted octanol–water partition coefficient (Wildman–Crippen LogP) is 3.56. The summed E-state index contributed by atoms with van der Waals surface area (Å²) in [6.45, 7) is 0.345. The van der Waals surface area contributed by atoms with Crippen LogP contribution in [0.2, 0.25) is 0 Å². The van der Waals surface area contributed by atoms with Crippen LogP contribution in [-0.4, -0.2) is 25.2 Å². The second-order valence-corrected chi connectivity index (χ2v) is 6.71. The SMILES string of the molecule is O=C(Nc1ccncc1)c1ccc(CNc2nc3sccn3c2[N+](=O)[O-])cc1. The van der Waals surface area contributed by atoms with Crippen molar-refractivity contribution in [3.8, 4) is 0 Å². The fraction of sp³-hybridized carbons (Fsp3) is 0.0556. The quantitative estimate of drug-likeness (QED) is 0.382. The summed E-state index contributed by atoms with van der Waals surface area (Å²) in [5.74, 6) is -0.100. The van der Waals surface area contributed by atoms with Crippen LogP contribution in [0.5, 0.6) is 0 Å². The van der Waals surface area contributed by atoms with Gasteiger partial charge >= 0.3 is 5.82 Å². The van der Waals surface area contributed by atoms with Gasteiger partial charge in [-0.05, 0) is 34.8 Å². The Labute approximate surface area is 162 Å². The second kappa shape index (κ2) is 7.45. The zero-order valence-corrected chi connectivity index (χ0v) is 15.2. The molecular formula is C18H14N6O3S. The molecule has 2 N–H and O–H groups in total. The van der Waals surface area contributed by atoms with Crippen molar-refractivity contribution in [2.75, 3.05) is 10.6 Å². The minimum atomic E-state index is -0.457. The molecule has 10 heteroatoms. The minimum absolute atomic E-state index is 0.0930. The van der Waals surface area contributed by atoms with Crippen LogP contribution in [0.15, 0.2) is 60.4 Å². The number of anilines is 2. The summed E-state index contributed by atoms with van der Waals surface area (Å²) in [5.41, 5.74) is 2.04. The van der Waals surface area contributed by atoms with Gasteiger partial charge in [-0.1, -0.05) is 23.5 Å². The number of nitrogens with one attached hydrogen (secondary N) is 2. The molecule has 0 atom stereocenters. The van der Waals surface area contributed by atoms with Crippen LogP contribution in [0, 0.1) is 10.1 Å². The summed E-state index contributed by atoms with van der Waals surface area (Å²) in [6, 6.07) is 10.4. The molecule has 0 fully saturated rings. The van der Waals surface area contributed by atoms with Gasteiger partial charge in [-0.15, -0.1) is 0 Å². The average molecular weight is 394 g/mol. The van der Waals surface area contributed by atoms with E-state index in [4.69, 9.17) is 0 Å². The van der Waals surface area contributed by atoms with Gasteiger partial charge in [0, 0.05) is 35.6 Å². The van der Waals surface area contributed by atoms with Gasteiger partial charge in [0.2, 0.25) is 5.82 Å². The lowest BCUT2D eigenvalue weighted by Crippen LogP contribution is -2.12. The summed E-state index contributed by atoms with van der Waals surface area (Å²) < 4.78 is 1.44. The Hall–Kier alpha value is -3.79. The number of aromatic nitrogens is 3. The summed E-state index contributed by atoms with van der Waals surface area (Å²) in [6.07, 6.45) is 4.82. The summed E-state index contributed by atoms with van der Waals surface area (Å²) in [7, 11) is 0. The number of nitrogens with zero attached hydrogens (tertiary/aromatic N) is 4. The van der Waals surface area contributed by atoms with Gasteiger partial charge in [-0.2, -0.15) is 9.38 Å². The summed E-state index contributed by atoms with van der Waals surface area (Å²) >= 11 is 1.33. The molecule has 1 aromatic carbocycles. The first-order valence-electron chi connectivity index (χ1n) is 8.26. The zero-order chi connectivity index (χ0) is 19.5. The zero-order valence-electron chi connectivity index (χ0n) is 14.4. The number of carbonyl (C=O) groups is 1. The molecular weight excluding hydrogens is 380 g/mol. The number of nitro groups is 1. The standard InChI is InChI=1S/C18H14N6O3S/c25-16(21-14-5-7-19-8-6-14)13-3-1-12(2-4-13)11-20-15-17(24(26)27)23-9-10-28-18(23)22-15/h1-10,20H,11H2,(H,19,21,25). The number of rotatable bonds is 6. The number of fused-ring (bicyclic) bond motifs is 1. The normalized spacial score (nSPS) is 10.7. The van der Waals surface area contributed by atoms with Crippen molar-refractivity contribution in [3.63, 3.8) is 0 Å². The topological polar surface area (TPSA) is 114 Å². The number of hydrogen-bond acceptors (Lipinski definition) is 7. The molecule has 0 bridgehead atoms.